The summed E-state index contributed by atoms with van der Waals surface area (Å²) in [4.78, 5) is 38.6. The van der Waals surface area contributed by atoms with Gasteiger partial charge in [-0.25, -0.2) is 4.79 Å². The predicted molar refractivity (Wildman–Crippen MR) is 112 cm³/mol. The van der Waals surface area contributed by atoms with Crippen LogP contribution in [-0.4, -0.2) is 37.0 Å². The highest BCUT2D eigenvalue weighted by Gasteiger charge is 2.30. The average Bonchev–Trinajstić information content (AvgIpc) is 3.00. The van der Waals surface area contributed by atoms with Gasteiger partial charge in [0.15, 0.2) is 0 Å². The molecule has 3 rings (SSSR count). The molecule has 0 spiro atoms. The van der Waals surface area contributed by atoms with Crippen LogP contribution in [0.25, 0.3) is 0 Å². The zero-order valence-corrected chi connectivity index (χ0v) is 17.4. The van der Waals surface area contributed by atoms with E-state index in [1.165, 1.54) is 24.5 Å². The number of nitro benzene ring substituents is 1. The maximum Gasteiger partial charge on any atom is 0.341 e. The van der Waals surface area contributed by atoms with E-state index in [1.54, 1.807) is 18.2 Å². The number of benzene rings is 1. The molecule has 0 bridgehead atoms. The second kappa shape index (κ2) is 8.60. The zero-order chi connectivity index (χ0) is 21.1. The third-order valence-electron chi connectivity index (χ3n) is 5.30. The molecule has 0 atom stereocenters. The largest absolute Gasteiger partial charge is 0.465 e. The first-order valence-electron chi connectivity index (χ1n) is 9.31. The number of rotatable bonds is 5. The van der Waals surface area contributed by atoms with E-state index in [2.05, 4.69) is 5.32 Å². The van der Waals surface area contributed by atoms with Crippen molar-refractivity contribution in [3.8, 4) is 0 Å². The smallest absolute Gasteiger partial charge is 0.341 e. The predicted octanol–water partition coefficient (Wildman–Crippen LogP) is 3.91. The molecule has 154 valence electrons. The van der Waals surface area contributed by atoms with E-state index in [1.807, 2.05) is 18.7 Å². The molecule has 1 saturated heterocycles. The van der Waals surface area contributed by atoms with E-state index in [0.29, 0.717) is 42.2 Å². The second-order valence-electron chi connectivity index (χ2n) is 6.98. The molecule has 9 heteroatoms. The number of piperidine rings is 1. The van der Waals surface area contributed by atoms with Crippen LogP contribution >= 0.6 is 11.3 Å². The summed E-state index contributed by atoms with van der Waals surface area (Å²) in [5.74, 6) is -0.825. The summed E-state index contributed by atoms with van der Waals surface area (Å²) in [7, 11) is 1.32. The Hall–Kier alpha value is -2.94. The minimum Gasteiger partial charge on any atom is -0.465 e. The van der Waals surface area contributed by atoms with Crippen molar-refractivity contribution in [2.45, 2.75) is 26.7 Å². The van der Waals surface area contributed by atoms with E-state index < -0.39 is 5.97 Å². The molecular formula is C20H23N3O5S. The van der Waals surface area contributed by atoms with Crippen LogP contribution in [0.15, 0.2) is 24.3 Å². The van der Waals surface area contributed by atoms with Gasteiger partial charge in [-0.15, -0.1) is 11.3 Å². The van der Waals surface area contributed by atoms with Crippen LogP contribution in [0.5, 0.6) is 0 Å². The summed E-state index contributed by atoms with van der Waals surface area (Å²) < 4.78 is 4.85. The molecule has 1 aliphatic rings. The summed E-state index contributed by atoms with van der Waals surface area (Å²) in [6, 6.07) is 6.64. The van der Waals surface area contributed by atoms with Gasteiger partial charge < -0.3 is 15.0 Å². The molecule has 2 heterocycles. The molecule has 8 nitrogen and oxygen atoms in total. The number of hydrogen-bond donors (Lipinski definition) is 1. The number of hydrogen-bond acceptors (Lipinski definition) is 7. The molecule has 0 unspecified atom stereocenters. The SMILES string of the molecule is COC(=O)c1c(NC(=O)C2CCN(c3ccccc3[N+](=O)[O-])CC2)sc(C)c1C. The van der Waals surface area contributed by atoms with Gasteiger partial charge in [0.05, 0.1) is 17.6 Å². The first-order chi connectivity index (χ1) is 13.8. The maximum atomic E-state index is 12.8. The first-order valence-corrected chi connectivity index (χ1v) is 10.1. The first kappa shape index (κ1) is 20.8. The molecule has 1 aliphatic heterocycles. The number of thiophene rings is 1. The molecule has 1 aromatic carbocycles. The van der Waals surface area contributed by atoms with Crippen molar-refractivity contribution < 1.29 is 19.2 Å². The summed E-state index contributed by atoms with van der Waals surface area (Å²) in [5, 5.41) is 14.7. The standard InChI is InChI=1S/C20H23N3O5S/c1-12-13(2)29-19(17(12)20(25)28-3)21-18(24)14-8-10-22(11-9-14)15-6-4-5-7-16(15)23(26)27/h4-7,14H,8-11H2,1-3H3,(H,21,24). The van der Waals surface area contributed by atoms with Crippen molar-refractivity contribution >= 4 is 39.6 Å². The number of esters is 1. The molecule has 0 radical (unpaired) electrons. The van der Waals surface area contributed by atoms with Crippen LogP contribution in [0.1, 0.15) is 33.6 Å². The number of carbonyl (C=O) groups is 2. The van der Waals surface area contributed by atoms with Crippen LogP contribution in [0.3, 0.4) is 0 Å². The third-order valence-corrected chi connectivity index (χ3v) is 6.42. The lowest BCUT2D eigenvalue weighted by Gasteiger charge is -2.32. The van der Waals surface area contributed by atoms with Gasteiger partial charge in [-0.3, -0.25) is 14.9 Å². The number of nitrogens with one attached hydrogen (secondary N) is 1. The van der Waals surface area contributed by atoms with Crippen molar-refractivity contribution in [3.63, 3.8) is 0 Å². The lowest BCUT2D eigenvalue weighted by atomic mass is 9.95. The lowest BCUT2D eigenvalue weighted by Crippen LogP contribution is -2.38. The van der Waals surface area contributed by atoms with Crippen molar-refractivity contribution in [1.82, 2.24) is 0 Å². The molecule has 1 N–H and O–H groups in total. The maximum absolute atomic E-state index is 12.8. The minimum absolute atomic E-state index is 0.0719. The monoisotopic (exact) mass is 417 g/mol. The van der Waals surface area contributed by atoms with Crippen molar-refractivity contribution in [1.29, 1.82) is 0 Å². The van der Waals surface area contributed by atoms with E-state index in [-0.39, 0.29) is 22.4 Å². The molecule has 1 amide bonds. The molecule has 1 fully saturated rings. The summed E-state index contributed by atoms with van der Waals surface area (Å²) in [5.41, 5.74) is 1.86. The summed E-state index contributed by atoms with van der Waals surface area (Å²) in [6.07, 6.45) is 1.16. The Kier molecular flexibility index (Phi) is 6.17. The Labute approximate surface area is 172 Å². The second-order valence-corrected chi connectivity index (χ2v) is 8.20. The van der Waals surface area contributed by atoms with Crippen molar-refractivity contribution in [2.24, 2.45) is 5.92 Å². The van der Waals surface area contributed by atoms with Gasteiger partial charge in [0.1, 0.15) is 10.7 Å². The van der Waals surface area contributed by atoms with Crippen LogP contribution in [0.2, 0.25) is 0 Å². The third kappa shape index (κ3) is 4.24. The normalized spacial score (nSPS) is 14.5. The van der Waals surface area contributed by atoms with Gasteiger partial charge in [-0.05, 0) is 38.3 Å². The van der Waals surface area contributed by atoms with Crippen LogP contribution in [0.4, 0.5) is 16.4 Å². The van der Waals surface area contributed by atoms with Gasteiger partial charge in [0.25, 0.3) is 5.69 Å². The number of amides is 1. The molecule has 1 aromatic heterocycles. The Bertz CT molecular complexity index is 948. The zero-order valence-electron chi connectivity index (χ0n) is 16.6. The minimum atomic E-state index is -0.464. The van der Waals surface area contributed by atoms with E-state index in [0.717, 1.165) is 10.4 Å². The van der Waals surface area contributed by atoms with Crippen molar-refractivity contribution in [3.05, 3.63) is 50.4 Å². The van der Waals surface area contributed by atoms with Gasteiger partial charge in [0, 0.05) is 30.0 Å². The van der Waals surface area contributed by atoms with Gasteiger partial charge in [-0.1, -0.05) is 12.1 Å². The Morgan fingerprint density at radius 1 is 1.24 bits per heavy atom. The lowest BCUT2D eigenvalue weighted by molar-refractivity contribution is -0.384. The van der Waals surface area contributed by atoms with E-state index in [9.17, 15) is 19.7 Å². The number of methoxy groups -OCH3 is 1. The number of anilines is 2. The number of para-hydroxylation sites is 2. The Balaban J connectivity index is 1.68. The van der Waals surface area contributed by atoms with Crippen molar-refractivity contribution in [2.75, 3.05) is 30.4 Å². The quantitative estimate of drug-likeness (QED) is 0.449. The fourth-order valence-corrected chi connectivity index (χ4v) is 4.60. The number of aryl methyl sites for hydroxylation is 1. The highest BCUT2D eigenvalue weighted by molar-refractivity contribution is 7.16. The summed E-state index contributed by atoms with van der Waals surface area (Å²) in [6.45, 7) is 4.83. The topological polar surface area (TPSA) is 102 Å². The summed E-state index contributed by atoms with van der Waals surface area (Å²) >= 11 is 1.36. The fourth-order valence-electron chi connectivity index (χ4n) is 3.55. The highest BCUT2D eigenvalue weighted by atomic mass is 32.1. The molecule has 0 saturated carbocycles. The average molecular weight is 417 g/mol. The molecular weight excluding hydrogens is 394 g/mol. The fraction of sp³-hybridized carbons (Fsp3) is 0.400. The molecule has 2 aromatic rings. The van der Waals surface area contributed by atoms with Crippen LogP contribution in [0, 0.1) is 29.9 Å². The molecule has 29 heavy (non-hydrogen) atoms. The Morgan fingerprint density at radius 2 is 1.90 bits per heavy atom. The Morgan fingerprint density at radius 3 is 2.52 bits per heavy atom. The van der Waals surface area contributed by atoms with E-state index in [4.69, 9.17) is 4.74 Å². The number of nitrogens with zero attached hydrogens (tertiary/aromatic N) is 2. The van der Waals surface area contributed by atoms with Crippen LogP contribution < -0.4 is 10.2 Å². The number of ether oxygens (including phenoxy) is 1. The van der Waals surface area contributed by atoms with Gasteiger partial charge in [0.2, 0.25) is 5.91 Å². The molecule has 0 aliphatic carbocycles. The highest BCUT2D eigenvalue weighted by Crippen LogP contribution is 2.35. The van der Waals surface area contributed by atoms with Crippen LogP contribution in [-0.2, 0) is 9.53 Å². The number of nitro groups is 1. The van der Waals surface area contributed by atoms with E-state index >= 15 is 0 Å². The van der Waals surface area contributed by atoms with Gasteiger partial charge in [-0.2, -0.15) is 0 Å². The van der Waals surface area contributed by atoms with Gasteiger partial charge >= 0.3 is 5.97 Å². The number of carbonyl (C=O) groups excluding carboxylic acids is 2.